The van der Waals surface area contributed by atoms with E-state index in [9.17, 15) is 9.50 Å². The van der Waals surface area contributed by atoms with E-state index in [1.165, 1.54) is 20.3 Å². The second-order valence-corrected chi connectivity index (χ2v) is 5.30. The molecule has 2 rings (SSSR count). The summed E-state index contributed by atoms with van der Waals surface area (Å²) >= 11 is 3.20. The van der Waals surface area contributed by atoms with Crippen molar-refractivity contribution in [2.75, 3.05) is 14.2 Å². The summed E-state index contributed by atoms with van der Waals surface area (Å²) in [5.74, 6) is 0.718. The lowest BCUT2D eigenvalue weighted by molar-refractivity contribution is 0.169. The van der Waals surface area contributed by atoms with Crippen LogP contribution in [0, 0.1) is 5.82 Å². The van der Waals surface area contributed by atoms with Gasteiger partial charge in [-0.25, -0.2) is 4.39 Å². The normalized spacial score (nSPS) is 12.0. The topological polar surface area (TPSA) is 38.7 Å². The first-order valence-corrected chi connectivity index (χ1v) is 7.19. The average Bonchev–Trinajstić information content (AvgIpc) is 2.50. The molecule has 1 unspecified atom stereocenters. The zero-order chi connectivity index (χ0) is 15.4. The Morgan fingerprint density at radius 3 is 2.24 bits per heavy atom. The molecule has 2 aromatic rings. The number of hydrogen-bond donors (Lipinski definition) is 1. The second-order valence-electron chi connectivity index (χ2n) is 4.51. The van der Waals surface area contributed by atoms with Gasteiger partial charge in [0.25, 0.3) is 0 Å². The van der Waals surface area contributed by atoms with Crippen LogP contribution >= 0.6 is 15.9 Å². The fourth-order valence-electron chi connectivity index (χ4n) is 2.22. The maximum Gasteiger partial charge on any atom is 0.137 e. The van der Waals surface area contributed by atoms with Crippen LogP contribution in [0.15, 0.2) is 40.9 Å². The smallest absolute Gasteiger partial charge is 0.137 e. The molecule has 0 amide bonds. The Bertz CT molecular complexity index is 609. The fraction of sp³-hybridized carbons (Fsp3) is 0.250. The number of benzene rings is 2. The summed E-state index contributed by atoms with van der Waals surface area (Å²) < 4.78 is 24.5. The minimum Gasteiger partial charge on any atom is -0.496 e. The van der Waals surface area contributed by atoms with E-state index in [2.05, 4.69) is 15.9 Å². The van der Waals surface area contributed by atoms with Gasteiger partial charge in [0.2, 0.25) is 0 Å². The monoisotopic (exact) mass is 354 g/mol. The van der Waals surface area contributed by atoms with Crippen molar-refractivity contribution in [1.29, 1.82) is 0 Å². The zero-order valence-corrected chi connectivity index (χ0v) is 13.4. The van der Waals surface area contributed by atoms with E-state index >= 15 is 0 Å². The Hall–Kier alpha value is -1.59. The maximum absolute atomic E-state index is 13.5. The molecule has 1 atom stereocenters. The summed E-state index contributed by atoms with van der Waals surface area (Å²) in [4.78, 5) is 0. The number of halogens is 2. The van der Waals surface area contributed by atoms with Crippen molar-refractivity contribution in [3.05, 3.63) is 57.8 Å². The minimum absolute atomic E-state index is 0.245. The van der Waals surface area contributed by atoms with Gasteiger partial charge in [-0.2, -0.15) is 0 Å². The first-order valence-electron chi connectivity index (χ1n) is 6.40. The van der Waals surface area contributed by atoms with E-state index in [1.807, 2.05) is 0 Å². The third kappa shape index (κ3) is 3.36. The Morgan fingerprint density at radius 1 is 1.10 bits per heavy atom. The summed E-state index contributed by atoms with van der Waals surface area (Å²) in [7, 11) is 3.06. The highest BCUT2D eigenvalue weighted by atomic mass is 79.9. The predicted molar refractivity (Wildman–Crippen MR) is 82.3 cm³/mol. The van der Waals surface area contributed by atoms with Gasteiger partial charge in [0, 0.05) is 6.42 Å². The Balaban J connectivity index is 2.36. The third-order valence-corrected chi connectivity index (χ3v) is 4.13. The van der Waals surface area contributed by atoms with E-state index in [0.717, 1.165) is 0 Å². The lowest BCUT2D eigenvalue weighted by Gasteiger charge is -2.18. The lowest BCUT2D eigenvalue weighted by Crippen LogP contribution is -2.07. The number of rotatable bonds is 5. The molecular weight excluding hydrogens is 339 g/mol. The molecule has 0 aromatic heterocycles. The summed E-state index contributed by atoms with van der Waals surface area (Å²) in [5.41, 5.74) is 1.23. The van der Waals surface area contributed by atoms with Gasteiger partial charge in [-0.15, -0.1) is 0 Å². The van der Waals surface area contributed by atoms with E-state index in [1.54, 1.807) is 30.3 Å². The number of methoxy groups -OCH3 is 2. The van der Waals surface area contributed by atoms with Crippen molar-refractivity contribution in [1.82, 2.24) is 0 Å². The molecule has 3 nitrogen and oxygen atoms in total. The molecule has 0 spiro atoms. The Labute approximate surface area is 131 Å². The number of hydrogen-bond acceptors (Lipinski definition) is 3. The SMILES string of the molecule is COc1cccc(OC)c1C(O)Cc1cccc(F)c1Br. The molecule has 0 bridgehead atoms. The number of aliphatic hydroxyl groups excluding tert-OH is 1. The van der Waals surface area contributed by atoms with Gasteiger partial charge in [-0.1, -0.05) is 18.2 Å². The fourth-order valence-corrected chi connectivity index (χ4v) is 2.65. The standard InChI is InChI=1S/C16H16BrFO3/c1-20-13-7-4-8-14(21-2)15(13)12(19)9-10-5-3-6-11(18)16(10)17/h3-8,12,19H,9H2,1-2H3. The summed E-state index contributed by atoms with van der Waals surface area (Å²) in [6, 6.07) is 10.0. The highest BCUT2D eigenvalue weighted by molar-refractivity contribution is 9.10. The molecule has 0 fully saturated rings. The van der Waals surface area contributed by atoms with E-state index in [4.69, 9.17) is 9.47 Å². The molecule has 21 heavy (non-hydrogen) atoms. The van der Waals surface area contributed by atoms with Crippen molar-refractivity contribution in [3.8, 4) is 11.5 Å². The van der Waals surface area contributed by atoms with Gasteiger partial charge < -0.3 is 14.6 Å². The van der Waals surface area contributed by atoms with E-state index < -0.39 is 6.10 Å². The van der Waals surface area contributed by atoms with Crippen LogP contribution in [-0.2, 0) is 6.42 Å². The first kappa shape index (κ1) is 15.8. The van der Waals surface area contributed by atoms with Gasteiger partial charge >= 0.3 is 0 Å². The minimum atomic E-state index is -0.866. The lowest BCUT2D eigenvalue weighted by atomic mass is 9.99. The molecule has 1 N–H and O–H groups in total. The first-order chi connectivity index (χ1) is 10.1. The molecule has 0 saturated heterocycles. The van der Waals surface area contributed by atoms with Crippen molar-refractivity contribution < 1.29 is 19.0 Å². The molecule has 2 aromatic carbocycles. The molecule has 0 aliphatic rings. The maximum atomic E-state index is 13.5. The highest BCUT2D eigenvalue weighted by Gasteiger charge is 2.20. The average molecular weight is 355 g/mol. The molecule has 112 valence electrons. The van der Waals surface area contributed by atoms with Crippen LogP contribution in [0.4, 0.5) is 4.39 Å². The number of aliphatic hydroxyl groups is 1. The zero-order valence-electron chi connectivity index (χ0n) is 11.8. The van der Waals surface area contributed by atoms with Crippen LogP contribution in [0.5, 0.6) is 11.5 Å². The number of ether oxygens (including phenoxy) is 2. The van der Waals surface area contributed by atoms with Gasteiger partial charge in [0.1, 0.15) is 17.3 Å². The van der Waals surface area contributed by atoms with Gasteiger partial charge in [-0.05, 0) is 39.7 Å². The molecule has 0 aliphatic heterocycles. The second kappa shape index (κ2) is 6.91. The molecular formula is C16H16BrFO3. The van der Waals surface area contributed by atoms with Crippen LogP contribution in [0.1, 0.15) is 17.2 Å². The van der Waals surface area contributed by atoms with Crippen LogP contribution in [0.2, 0.25) is 0 Å². The summed E-state index contributed by atoms with van der Waals surface area (Å²) in [6.45, 7) is 0. The van der Waals surface area contributed by atoms with E-state index in [0.29, 0.717) is 27.1 Å². The van der Waals surface area contributed by atoms with E-state index in [-0.39, 0.29) is 12.2 Å². The Kier molecular flexibility index (Phi) is 5.20. The van der Waals surface area contributed by atoms with Crippen molar-refractivity contribution >= 4 is 15.9 Å². The van der Waals surface area contributed by atoms with Crippen LogP contribution in [0.25, 0.3) is 0 Å². The molecule has 0 heterocycles. The van der Waals surface area contributed by atoms with Crippen molar-refractivity contribution in [2.45, 2.75) is 12.5 Å². The van der Waals surface area contributed by atoms with Crippen LogP contribution in [0.3, 0.4) is 0 Å². The molecule has 0 aliphatic carbocycles. The largest absolute Gasteiger partial charge is 0.496 e. The Morgan fingerprint density at radius 2 is 1.67 bits per heavy atom. The van der Waals surface area contributed by atoms with Crippen LogP contribution in [-0.4, -0.2) is 19.3 Å². The van der Waals surface area contributed by atoms with Crippen LogP contribution < -0.4 is 9.47 Å². The molecule has 0 saturated carbocycles. The summed E-state index contributed by atoms with van der Waals surface area (Å²) in [5, 5.41) is 10.5. The third-order valence-electron chi connectivity index (χ3n) is 3.24. The highest BCUT2D eigenvalue weighted by Crippen LogP contribution is 2.36. The van der Waals surface area contributed by atoms with Crippen molar-refractivity contribution in [3.63, 3.8) is 0 Å². The van der Waals surface area contributed by atoms with Gasteiger partial charge in [-0.3, -0.25) is 0 Å². The van der Waals surface area contributed by atoms with Gasteiger partial charge in [0.05, 0.1) is 30.4 Å². The predicted octanol–water partition coefficient (Wildman–Crippen LogP) is 3.88. The quantitative estimate of drug-likeness (QED) is 0.885. The summed E-state index contributed by atoms with van der Waals surface area (Å²) in [6.07, 6.45) is -0.621. The van der Waals surface area contributed by atoms with Crippen molar-refractivity contribution in [2.24, 2.45) is 0 Å². The van der Waals surface area contributed by atoms with Gasteiger partial charge in [0.15, 0.2) is 0 Å². The molecule has 5 heteroatoms. The molecule has 0 radical (unpaired) electrons.